The molecule has 0 radical (unpaired) electrons. The molecule has 5 heteroatoms. The Hall–Kier alpha value is -1.88. The molecule has 5 nitrogen and oxygen atoms in total. The van der Waals surface area contributed by atoms with E-state index in [0.717, 1.165) is 5.69 Å². The van der Waals surface area contributed by atoms with Crippen molar-refractivity contribution in [2.24, 2.45) is 0 Å². The highest BCUT2D eigenvalue weighted by molar-refractivity contribution is 5.92. The number of aliphatic carboxylic acids is 1. The van der Waals surface area contributed by atoms with Gasteiger partial charge in [0.05, 0.1) is 6.54 Å². The van der Waals surface area contributed by atoms with Gasteiger partial charge in [-0.25, -0.2) is 0 Å². The van der Waals surface area contributed by atoms with Crippen molar-refractivity contribution in [1.29, 1.82) is 0 Å². The Morgan fingerprint density at radius 1 is 1.20 bits per heavy atom. The van der Waals surface area contributed by atoms with Crippen LogP contribution in [-0.2, 0) is 9.59 Å². The summed E-state index contributed by atoms with van der Waals surface area (Å²) in [7, 11) is 1.61. The number of anilines is 1. The highest BCUT2D eigenvalue weighted by Gasteiger charge is 2.18. The number of nitrogens with one attached hydrogen (secondary N) is 1. The minimum absolute atomic E-state index is 0.0411. The number of nitrogens with zero attached hydrogens (tertiary/aromatic N) is 1. The van der Waals surface area contributed by atoms with Gasteiger partial charge in [0.2, 0.25) is 5.91 Å². The molecule has 0 aliphatic carbocycles. The number of carboxylic acid groups (broad SMARTS) is 1. The highest BCUT2D eigenvalue weighted by atomic mass is 16.4. The van der Waals surface area contributed by atoms with E-state index < -0.39 is 12.0 Å². The van der Waals surface area contributed by atoms with E-state index in [1.807, 2.05) is 24.3 Å². The first-order valence-electron chi connectivity index (χ1n) is 6.64. The molecule has 110 valence electrons. The Morgan fingerprint density at radius 3 is 2.20 bits per heavy atom. The van der Waals surface area contributed by atoms with E-state index >= 15 is 0 Å². The molecule has 0 spiro atoms. The molecule has 0 aliphatic heterocycles. The van der Waals surface area contributed by atoms with E-state index in [-0.39, 0.29) is 12.5 Å². The Balaban J connectivity index is 2.56. The van der Waals surface area contributed by atoms with Gasteiger partial charge >= 0.3 is 5.97 Å². The molecule has 1 rings (SSSR count). The molecular weight excluding hydrogens is 256 g/mol. The number of carboxylic acids is 1. The normalized spacial score (nSPS) is 12.5. The fraction of sp³-hybridized carbons (Fsp3) is 0.467. The lowest BCUT2D eigenvalue weighted by molar-refractivity contribution is -0.142. The van der Waals surface area contributed by atoms with Crippen LogP contribution in [0.1, 0.15) is 32.3 Å². The topological polar surface area (TPSA) is 69.6 Å². The first-order valence-corrected chi connectivity index (χ1v) is 6.64. The van der Waals surface area contributed by atoms with Crippen molar-refractivity contribution < 1.29 is 14.7 Å². The third kappa shape index (κ3) is 4.66. The lowest BCUT2D eigenvalue weighted by Gasteiger charge is -2.20. The van der Waals surface area contributed by atoms with Gasteiger partial charge in [-0.15, -0.1) is 0 Å². The van der Waals surface area contributed by atoms with Crippen molar-refractivity contribution >= 4 is 17.6 Å². The molecule has 1 atom stereocenters. The van der Waals surface area contributed by atoms with Crippen molar-refractivity contribution in [2.75, 3.05) is 18.9 Å². The lowest BCUT2D eigenvalue weighted by atomic mass is 10.0. The van der Waals surface area contributed by atoms with Gasteiger partial charge in [0.25, 0.3) is 0 Å². The molecule has 1 aromatic carbocycles. The quantitative estimate of drug-likeness (QED) is 0.836. The van der Waals surface area contributed by atoms with Gasteiger partial charge in [0.15, 0.2) is 0 Å². The Morgan fingerprint density at radius 2 is 1.75 bits per heavy atom. The molecule has 1 amide bonds. The molecule has 20 heavy (non-hydrogen) atoms. The van der Waals surface area contributed by atoms with Crippen molar-refractivity contribution in [2.45, 2.75) is 32.7 Å². The zero-order chi connectivity index (χ0) is 15.3. The van der Waals surface area contributed by atoms with Crippen LogP contribution < -0.4 is 5.32 Å². The van der Waals surface area contributed by atoms with Gasteiger partial charge in [-0.05, 0) is 37.6 Å². The van der Waals surface area contributed by atoms with Crippen molar-refractivity contribution in [3.63, 3.8) is 0 Å². The van der Waals surface area contributed by atoms with E-state index in [1.165, 1.54) is 10.5 Å². The second-order valence-electron chi connectivity index (χ2n) is 5.25. The molecule has 2 N–H and O–H groups in total. The Kier molecular flexibility index (Phi) is 5.70. The fourth-order valence-electron chi connectivity index (χ4n) is 1.70. The maximum atomic E-state index is 11.8. The van der Waals surface area contributed by atoms with Crippen LogP contribution in [0.15, 0.2) is 24.3 Å². The average molecular weight is 278 g/mol. The van der Waals surface area contributed by atoms with Crippen LogP contribution in [0, 0.1) is 0 Å². The highest BCUT2D eigenvalue weighted by Crippen LogP contribution is 2.17. The number of amides is 1. The smallest absolute Gasteiger partial charge is 0.320 e. The maximum Gasteiger partial charge on any atom is 0.320 e. The Bertz CT molecular complexity index is 469. The van der Waals surface area contributed by atoms with Gasteiger partial charge in [-0.3, -0.25) is 14.5 Å². The van der Waals surface area contributed by atoms with Crippen LogP contribution in [0.4, 0.5) is 5.69 Å². The van der Waals surface area contributed by atoms with Crippen LogP contribution in [0.3, 0.4) is 0 Å². The summed E-state index contributed by atoms with van der Waals surface area (Å²) in [5.74, 6) is -0.721. The first-order chi connectivity index (χ1) is 9.31. The number of hydrogen-bond donors (Lipinski definition) is 2. The second-order valence-corrected chi connectivity index (χ2v) is 5.25. The molecule has 0 heterocycles. The molecule has 0 saturated carbocycles. The minimum atomic E-state index is -0.943. The van der Waals surface area contributed by atoms with Gasteiger partial charge < -0.3 is 10.4 Å². The maximum absolute atomic E-state index is 11.8. The van der Waals surface area contributed by atoms with E-state index in [4.69, 9.17) is 5.11 Å². The summed E-state index contributed by atoms with van der Waals surface area (Å²) in [6.45, 7) is 5.80. The number of carbonyl (C=O) groups excluding carboxylic acids is 1. The summed E-state index contributed by atoms with van der Waals surface area (Å²) in [5, 5.41) is 11.6. The van der Waals surface area contributed by atoms with Crippen LogP contribution in [0.25, 0.3) is 0 Å². The van der Waals surface area contributed by atoms with Gasteiger partial charge in [0, 0.05) is 5.69 Å². The van der Waals surface area contributed by atoms with Gasteiger partial charge in [-0.2, -0.15) is 0 Å². The predicted molar refractivity (Wildman–Crippen MR) is 78.9 cm³/mol. The fourth-order valence-corrected chi connectivity index (χ4v) is 1.70. The van der Waals surface area contributed by atoms with Crippen LogP contribution in [-0.4, -0.2) is 41.5 Å². The van der Waals surface area contributed by atoms with Crippen LogP contribution in [0.2, 0.25) is 0 Å². The van der Waals surface area contributed by atoms with Gasteiger partial charge in [-0.1, -0.05) is 26.0 Å². The molecule has 0 aliphatic rings. The molecule has 0 fully saturated rings. The van der Waals surface area contributed by atoms with E-state index in [0.29, 0.717) is 5.92 Å². The predicted octanol–water partition coefficient (Wildman–Crippen LogP) is 2.15. The third-order valence-corrected chi connectivity index (χ3v) is 3.27. The number of rotatable bonds is 6. The summed E-state index contributed by atoms with van der Waals surface area (Å²) >= 11 is 0. The summed E-state index contributed by atoms with van der Waals surface area (Å²) < 4.78 is 0. The zero-order valence-electron chi connectivity index (χ0n) is 12.4. The van der Waals surface area contributed by atoms with Crippen molar-refractivity contribution in [3.05, 3.63) is 29.8 Å². The summed E-state index contributed by atoms with van der Waals surface area (Å²) in [6, 6.07) is 6.97. The molecule has 0 saturated heterocycles. The Labute approximate surface area is 119 Å². The first kappa shape index (κ1) is 16.2. The van der Waals surface area contributed by atoms with E-state index in [2.05, 4.69) is 19.2 Å². The van der Waals surface area contributed by atoms with Crippen molar-refractivity contribution in [1.82, 2.24) is 4.90 Å². The molecule has 0 aromatic heterocycles. The van der Waals surface area contributed by atoms with Crippen LogP contribution >= 0.6 is 0 Å². The standard InChI is InChI=1S/C15H22N2O3/c1-10(2)12-5-7-13(8-6-12)16-14(18)9-17(4)11(3)15(19)20/h5-8,10-11H,9H2,1-4H3,(H,16,18)(H,19,20). The molecule has 1 unspecified atom stereocenters. The number of benzene rings is 1. The van der Waals surface area contributed by atoms with Crippen LogP contribution in [0.5, 0.6) is 0 Å². The average Bonchev–Trinajstić information content (AvgIpc) is 2.37. The van der Waals surface area contributed by atoms with Gasteiger partial charge in [0.1, 0.15) is 6.04 Å². The molecule has 1 aromatic rings. The molecule has 0 bridgehead atoms. The number of carbonyl (C=O) groups is 2. The largest absolute Gasteiger partial charge is 0.480 e. The summed E-state index contributed by atoms with van der Waals surface area (Å²) in [4.78, 5) is 24.1. The third-order valence-electron chi connectivity index (χ3n) is 3.27. The summed E-state index contributed by atoms with van der Waals surface area (Å²) in [6.07, 6.45) is 0. The monoisotopic (exact) mass is 278 g/mol. The lowest BCUT2D eigenvalue weighted by Crippen LogP contribution is -2.40. The summed E-state index contributed by atoms with van der Waals surface area (Å²) in [5.41, 5.74) is 1.93. The zero-order valence-corrected chi connectivity index (χ0v) is 12.4. The van der Waals surface area contributed by atoms with Crippen molar-refractivity contribution in [3.8, 4) is 0 Å². The van der Waals surface area contributed by atoms with E-state index in [9.17, 15) is 9.59 Å². The minimum Gasteiger partial charge on any atom is -0.480 e. The second kappa shape index (κ2) is 7.05. The number of likely N-dealkylation sites (N-methyl/N-ethyl adjacent to an activating group) is 1. The molecular formula is C15H22N2O3. The number of hydrogen-bond acceptors (Lipinski definition) is 3. The van der Waals surface area contributed by atoms with E-state index in [1.54, 1.807) is 14.0 Å². The SMILES string of the molecule is CC(C)c1ccc(NC(=O)CN(C)C(C)C(=O)O)cc1.